The first-order chi connectivity index (χ1) is 5.42. The van der Waals surface area contributed by atoms with Crippen LogP contribution < -0.4 is 10.1 Å². The second-order valence-electron chi connectivity index (χ2n) is 2.56. The van der Waals surface area contributed by atoms with Gasteiger partial charge in [-0.3, -0.25) is 4.68 Å². The molecule has 0 saturated heterocycles. The molecule has 1 aliphatic heterocycles. The van der Waals surface area contributed by atoms with Crippen LogP contribution in [0.15, 0.2) is 6.20 Å². The molecule has 4 heteroatoms. The third-order valence-electron chi connectivity index (χ3n) is 1.92. The summed E-state index contributed by atoms with van der Waals surface area (Å²) in [6.45, 7) is 2.81. The van der Waals surface area contributed by atoms with Crippen molar-refractivity contribution in [2.24, 2.45) is 0 Å². The summed E-state index contributed by atoms with van der Waals surface area (Å²) in [5.74, 6) is 0.886. The average molecular weight is 153 g/mol. The minimum absolute atomic E-state index is 0.864. The summed E-state index contributed by atoms with van der Waals surface area (Å²) in [7, 11) is 1.67. The highest BCUT2D eigenvalue weighted by molar-refractivity contribution is 5.25. The molecule has 0 radical (unpaired) electrons. The number of fused-ring (bicyclic) bond motifs is 1. The third kappa shape index (κ3) is 0.991. The molecule has 0 fully saturated rings. The first kappa shape index (κ1) is 6.67. The Bertz CT molecular complexity index is 243. The second kappa shape index (κ2) is 2.54. The normalized spacial score (nSPS) is 16.1. The van der Waals surface area contributed by atoms with Gasteiger partial charge in [-0.1, -0.05) is 0 Å². The average Bonchev–Trinajstić information content (AvgIpc) is 2.47. The summed E-state index contributed by atoms with van der Waals surface area (Å²) in [5, 5.41) is 7.44. The molecule has 2 heterocycles. The Morgan fingerprint density at radius 2 is 2.64 bits per heavy atom. The Morgan fingerprint density at radius 1 is 1.73 bits per heavy atom. The lowest BCUT2D eigenvalue weighted by Gasteiger charge is -2.15. The number of ether oxygens (including phenoxy) is 1. The molecule has 1 N–H and O–H groups in total. The maximum absolute atomic E-state index is 5.13. The van der Waals surface area contributed by atoms with Crippen LogP contribution in [-0.4, -0.2) is 23.4 Å². The van der Waals surface area contributed by atoms with Gasteiger partial charge in [-0.15, -0.1) is 0 Å². The highest BCUT2D eigenvalue weighted by Crippen LogP contribution is 2.18. The van der Waals surface area contributed by atoms with Crippen molar-refractivity contribution in [3.8, 4) is 5.75 Å². The molecule has 0 atom stereocenters. The molecule has 11 heavy (non-hydrogen) atoms. The van der Waals surface area contributed by atoms with Crippen LogP contribution in [-0.2, 0) is 13.1 Å². The van der Waals surface area contributed by atoms with Crippen molar-refractivity contribution in [1.82, 2.24) is 15.1 Å². The van der Waals surface area contributed by atoms with E-state index in [9.17, 15) is 0 Å². The van der Waals surface area contributed by atoms with E-state index in [4.69, 9.17) is 4.74 Å². The molecule has 0 bridgehead atoms. The topological polar surface area (TPSA) is 39.1 Å². The lowest BCUT2D eigenvalue weighted by molar-refractivity contribution is 0.395. The van der Waals surface area contributed by atoms with Crippen molar-refractivity contribution < 1.29 is 4.74 Å². The molecule has 0 amide bonds. The Balaban J connectivity index is 2.38. The molecule has 1 aromatic rings. The summed E-state index contributed by atoms with van der Waals surface area (Å²) < 4.78 is 7.11. The number of hydrogen-bond donors (Lipinski definition) is 1. The smallest absolute Gasteiger partial charge is 0.161 e. The van der Waals surface area contributed by atoms with Gasteiger partial charge in [-0.25, -0.2) is 0 Å². The van der Waals surface area contributed by atoms with Gasteiger partial charge in [0.15, 0.2) is 5.75 Å². The molecule has 2 rings (SSSR count). The molecule has 1 aliphatic rings. The van der Waals surface area contributed by atoms with E-state index >= 15 is 0 Å². The predicted octanol–water partition coefficient (Wildman–Crippen LogP) is -0.00510. The summed E-state index contributed by atoms with van der Waals surface area (Å²) >= 11 is 0. The van der Waals surface area contributed by atoms with Crippen molar-refractivity contribution >= 4 is 0 Å². The number of aromatic nitrogens is 2. The van der Waals surface area contributed by atoms with Crippen molar-refractivity contribution in [1.29, 1.82) is 0 Å². The maximum atomic E-state index is 5.13. The van der Waals surface area contributed by atoms with Crippen LogP contribution in [0.5, 0.6) is 5.75 Å². The van der Waals surface area contributed by atoms with Gasteiger partial charge in [-0.05, 0) is 0 Å². The van der Waals surface area contributed by atoms with Crippen LogP contribution in [0.25, 0.3) is 0 Å². The zero-order chi connectivity index (χ0) is 7.68. The van der Waals surface area contributed by atoms with E-state index < -0.39 is 0 Å². The van der Waals surface area contributed by atoms with Crippen LogP contribution in [0.3, 0.4) is 0 Å². The Labute approximate surface area is 65.2 Å². The van der Waals surface area contributed by atoms with Gasteiger partial charge in [0.1, 0.15) is 0 Å². The number of rotatable bonds is 1. The van der Waals surface area contributed by atoms with Gasteiger partial charge in [0, 0.05) is 13.1 Å². The van der Waals surface area contributed by atoms with Gasteiger partial charge in [0.05, 0.1) is 25.5 Å². The Hall–Kier alpha value is -1.03. The van der Waals surface area contributed by atoms with E-state index in [1.807, 2.05) is 4.68 Å². The van der Waals surface area contributed by atoms with E-state index in [2.05, 4.69) is 10.4 Å². The SMILES string of the molecule is COc1cnn2c1CNCC2. The van der Waals surface area contributed by atoms with Crippen LogP contribution in [0.1, 0.15) is 5.69 Å². The minimum atomic E-state index is 0.864. The number of nitrogens with one attached hydrogen (secondary N) is 1. The first-order valence-electron chi connectivity index (χ1n) is 3.71. The lowest BCUT2D eigenvalue weighted by Crippen LogP contribution is -2.28. The first-order valence-corrected chi connectivity index (χ1v) is 3.71. The third-order valence-corrected chi connectivity index (χ3v) is 1.92. The number of methoxy groups -OCH3 is 1. The standard InChI is InChI=1S/C7H11N3O/c1-11-7-5-9-10-3-2-8-4-6(7)10/h5,8H,2-4H2,1H3. The lowest BCUT2D eigenvalue weighted by atomic mass is 10.3. The zero-order valence-corrected chi connectivity index (χ0v) is 6.50. The van der Waals surface area contributed by atoms with E-state index in [1.165, 1.54) is 0 Å². The molecule has 0 aliphatic carbocycles. The predicted molar refractivity (Wildman–Crippen MR) is 40.5 cm³/mol. The van der Waals surface area contributed by atoms with Crippen LogP contribution in [0, 0.1) is 0 Å². The summed E-state index contributed by atoms with van der Waals surface area (Å²) in [6.07, 6.45) is 1.77. The van der Waals surface area contributed by atoms with E-state index in [1.54, 1.807) is 13.3 Å². The number of nitrogens with zero attached hydrogens (tertiary/aromatic N) is 2. The molecule has 60 valence electrons. The monoisotopic (exact) mass is 153 g/mol. The molecule has 0 spiro atoms. The maximum Gasteiger partial charge on any atom is 0.161 e. The highest BCUT2D eigenvalue weighted by atomic mass is 16.5. The van der Waals surface area contributed by atoms with Gasteiger partial charge in [0.2, 0.25) is 0 Å². The fourth-order valence-electron chi connectivity index (χ4n) is 1.33. The van der Waals surface area contributed by atoms with Crippen LogP contribution in [0.2, 0.25) is 0 Å². The number of hydrogen-bond acceptors (Lipinski definition) is 3. The summed E-state index contributed by atoms with van der Waals surface area (Å²) in [4.78, 5) is 0. The minimum Gasteiger partial charge on any atom is -0.493 e. The Kier molecular flexibility index (Phi) is 1.54. The fourth-order valence-corrected chi connectivity index (χ4v) is 1.33. The van der Waals surface area contributed by atoms with Gasteiger partial charge in [0.25, 0.3) is 0 Å². The van der Waals surface area contributed by atoms with Gasteiger partial charge < -0.3 is 10.1 Å². The molecular weight excluding hydrogens is 142 g/mol. The van der Waals surface area contributed by atoms with Crippen molar-refractivity contribution in [3.05, 3.63) is 11.9 Å². The van der Waals surface area contributed by atoms with E-state index in [0.29, 0.717) is 0 Å². The van der Waals surface area contributed by atoms with E-state index in [0.717, 1.165) is 31.1 Å². The fraction of sp³-hybridized carbons (Fsp3) is 0.571. The molecule has 0 saturated carbocycles. The molecule has 4 nitrogen and oxygen atoms in total. The molecule has 1 aromatic heterocycles. The van der Waals surface area contributed by atoms with E-state index in [-0.39, 0.29) is 0 Å². The molecular formula is C7H11N3O. The summed E-state index contributed by atoms with van der Waals surface area (Å²) in [5.41, 5.74) is 1.15. The van der Waals surface area contributed by atoms with Crippen LogP contribution >= 0.6 is 0 Å². The molecule has 0 unspecified atom stereocenters. The van der Waals surface area contributed by atoms with Crippen molar-refractivity contribution in [2.45, 2.75) is 13.1 Å². The largest absolute Gasteiger partial charge is 0.493 e. The second-order valence-corrected chi connectivity index (χ2v) is 2.56. The van der Waals surface area contributed by atoms with Crippen LogP contribution in [0.4, 0.5) is 0 Å². The van der Waals surface area contributed by atoms with Gasteiger partial charge >= 0.3 is 0 Å². The Morgan fingerprint density at radius 3 is 3.45 bits per heavy atom. The van der Waals surface area contributed by atoms with Crippen molar-refractivity contribution in [2.75, 3.05) is 13.7 Å². The quantitative estimate of drug-likeness (QED) is 0.617. The molecule has 0 aromatic carbocycles. The van der Waals surface area contributed by atoms with Gasteiger partial charge in [-0.2, -0.15) is 5.10 Å². The zero-order valence-electron chi connectivity index (χ0n) is 6.50. The van der Waals surface area contributed by atoms with Crippen molar-refractivity contribution in [3.63, 3.8) is 0 Å². The summed E-state index contributed by atoms with van der Waals surface area (Å²) in [6, 6.07) is 0. The highest BCUT2D eigenvalue weighted by Gasteiger charge is 2.13.